The predicted octanol–water partition coefficient (Wildman–Crippen LogP) is 3.73. The molecule has 7 heteroatoms. The van der Waals surface area contributed by atoms with E-state index >= 15 is 0 Å². The molecule has 0 N–H and O–H groups in total. The normalized spacial score (nSPS) is 11.0. The van der Waals surface area contributed by atoms with Crippen molar-refractivity contribution in [3.8, 4) is 10.8 Å². The third-order valence-corrected chi connectivity index (χ3v) is 5.22. The van der Waals surface area contributed by atoms with Crippen LogP contribution in [0.1, 0.15) is 21.7 Å². The molecule has 0 radical (unpaired) electrons. The van der Waals surface area contributed by atoms with E-state index < -0.39 is 0 Å². The Bertz CT molecular complexity index is 803. The van der Waals surface area contributed by atoms with Gasteiger partial charge in [-0.2, -0.15) is 0 Å². The lowest BCUT2D eigenvalue weighted by Gasteiger charge is -2.01. The highest BCUT2D eigenvalue weighted by molar-refractivity contribution is 7.99. The molecular formula is C15H15N3O2S2. The molecule has 0 aliphatic heterocycles. The molecule has 3 aromatic heterocycles. The molecule has 0 aliphatic rings. The fourth-order valence-corrected chi connectivity index (χ4v) is 3.40. The summed E-state index contributed by atoms with van der Waals surface area (Å²) >= 11 is 2.81. The fourth-order valence-electron chi connectivity index (χ4n) is 2.11. The van der Waals surface area contributed by atoms with Gasteiger partial charge >= 0.3 is 0 Å². The molecule has 3 aromatic rings. The maximum atomic E-state index is 12.3. The molecule has 0 amide bonds. The summed E-state index contributed by atoms with van der Waals surface area (Å²) in [6.07, 6.45) is 0. The first-order chi connectivity index (χ1) is 10.6. The molecule has 3 rings (SSSR count). The highest BCUT2D eigenvalue weighted by Crippen LogP contribution is 2.27. The number of aromatic nitrogens is 3. The quantitative estimate of drug-likeness (QED) is 0.526. The van der Waals surface area contributed by atoms with E-state index in [9.17, 15) is 4.79 Å². The van der Waals surface area contributed by atoms with Gasteiger partial charge in [0.25, 0.3) is 11.1 Å². The monoisotopic (exact) mass is 333 g/mol. The van der Waals surface area contributed by atoms with Crippen molar-refractivity contribution in [2.75, 3.05) is 5.75 Å². The number of carbonyl (C=O) groups is 1. The van der Waals surface area contributed by atoms with Gasteiger partial charge in [0.2, 0.25) is 0 Å². The van der Waals surface area contributed by atoms with Gasteiger partial charge in [-0.1, -0.05) is 17.8 Å². The number of nitrogens with zero attached hydrogens (tertiary/aromatic N) is 3. The fraction of sp³-hybridized carbons (Fsp3) is 0.267. The molecule has 5 nitrogen and oxygen atoms in total. The summed E-state index contributed by atoms with van der Waals surface area (Å²) in [5, 5.41) is 10.4. The molecule has 0 saturated heterocycles. The Morgan fingerprint density at radius 3 is 2.86 bits per heavy atom. The Kier molecular flexibility index (Phi) is 4.17. The van der Waals surface area contributed by atoms with Crippen molar-refractivity contribution in [3.63, 3.8) is 0 Å². The zero-order valence-corrected chi connectivity index (χ0v) is 14.1. The first-order valence-corrected chi connectivity index (χ1v) is 8.59. The topological polar surface area (TPSA) is 60.9 Å². The van der Waals surface area contributed by atoms with Crippen molar-refractivity contribution in [2.45, 2.75) is 19.1 Å². The highest BCUT2D eigenvalue weighted by atomic mass is 32.2. The molecule has 114 valence electrons. The van der Waals surface area contributed by atoms with E-state index in [1.807, 2.05) is 49.0 Å². The molecule has 0 unspecified atom stereocenters. The van der Waals surface area contributed by atoms with Gasteiger partial charge in [-0.25, -0.2) is 0 Å². The van der Waals surface area contributed by atoms with E-state index in [-0.39, 0.29) is 11.5 Å². The standard InChI is InChI=1S/C15H15N3O2S2/c1-9-7-11(10(2)18(9)3)12(19)8-22-15-17-16-14(20-15)13-5-4-6-21-13/h4-7H,8H2,1-3H3. The van der Waals surface area contributed by atoms with E-state index in [0.717, 1.165) is 21.8 Å². The number of ketones is 1. The van der Waals surface area contributed by atoms with Crippen molar-refractivity contribution >= 4 is 28.9 Å². The molecule has 22 heavy (non-hydrogen) atoms. The molecule has 0 spiro atoms. The van der Waals surface area contributed by atoms with Gasteiger partial charge < -0.3 is 8.98 Å². The average Bonchev–Trinajstić information content (AvgIpc) is 3.22. The minimum absolute atomic E-state index is 0.0714. The van der Waals surface area contributed by atoms with Crippen LogP contribution in [0.15, 0.2) is 33.2 Å². The summed E-state index contributed by atoms with van der Waals surface area (Å²) in [5.41, 5.74) is 2.81. The van der Waals surface area contributed by atoms with Crippen LogP contribution in [-0.2, 0) is 7.05 Å². The Morgan fingerprint density at radius 2 is 2.23 bits per heavy atom. The van der Waals surface area contributed by atoms with Crippen LogP contribution < -0.4 is 0 Å². The third kappa shape index (κ3) is 2.86. The van der Waals surface area contributed by atoms with Gasteiger partial charge in [0.15, 0.2) is 5.78 Å². The molecule has 3 heterocycles. The van der Waals surface area contributed by atoms with E-state index in [4.69, 9.17) is 4.42 Å². The van der Waals surface area contributed by atoms with Crippen molar-refractivity contribution < 1.29 is 9.21 Å². The van der Waals surface area contributed by atoms with Crippen LogP contribution >= 0.6 is 23.1 Å². The summed E-state index contributed by atoms with van der Waals surface area (Å²) < 4.78 is 7.58. The van der Waals surface area contributed by atoms with Crippen LogP contribution in [0.5, 0.6) is 0 Å². The molecule has 0 aliphatic carbocycles. The summed E-state index contributed by atoms with van der Waals surface area (Å²) in [4.78, 5) is 13.2. The molecule has 0 aromatic carbocycles. The second-order valence-corrected chi connectivity index (χ2v) is 6.78. The van der Waals surface area contributed by atoms with Crippen LogP contribution in [0.2, 0.25) is 0 Å². The average molecular weight is 333 g/mol. The predicted molar refractivity (Wildman–Crippen MR) is 87.6 cm³/mol. The second-order valence-electron chi connectivity index (χ2n) is 4.91. The Labute approximate surface area is 136 Å². The maximum absolute atomic E-state index is 12.3. The molecule has 0 fully saturated rings. The number of thiophene rings is 1. The zero-order valence-electron chi connectivity index (χ0n) is 12.5. The number of Topliss-reactive ketones (excluding diaryl/α,β-unsaturated/α-hetero) is 1. The third-order valence-electron chi connectivity index (χ3n) is 3.54. The lowest BCUT2D eigenvalue weighted by molar-refractivity contribution is 0.102. The SMILES string of the molecule is Cc1cc(C(=O)CSc2nnc(-c3cccs3)o2)c(C)n1C. The van der Waals surface area contributed by atoms with Gasteiger partial charge in [-0.15, -0.1) is 21.5 Å². The van der Waals surface area contributed by atoms with Gasteiger partial charge in [0, 0.05) is 24.0 Å². The second kappa shape index (κ2) is 6.10. The first-order valence-electron chi connectivity index (χ1n) is 6.72. The summed E-state index contributed by atoms with van der Waals surface area (Å²) in [7, 11) is 1.96. The van der Waals surface area contributed by atoms with Crippen molar-refractivity contribution in [1.29, 1.82) is 0 Å². The van der Waals surface area contributed by atoms with Crippen LogP contribution in [0.25, 0.3) is 10.8 Å². The maximum Gasteiger partial charge on any atom is 0.277 e. The first kappa shape index (κ1) is 15.1. The number of rotatable bonds is 5. The van der Waals surface area contributed by atoms with Gasteiger partial charge in [-0.3, -0.25) is 4.79 Å². The number of hydrogen-bond acceptors (Lipinski definition) is 6. The molecular weight excluding hydrogens is 318 g/mol. The van der Waals surface area contributed by atoms with E-state index in [2.05, 4.69) is 10.2 Å². The van der Waals surface area contributed by atoms with Gasteiger partial charge in [0.1, 0.15) is 0 Å². The Hall–Kier alpha value is -1.86. The summed E-state index contributed by atoms with van der Waals surface area (Å²) in [5.74, 6) is 0.856. The van der Waals surface area contributed by atoms with E-state index in [1.54, 1.807) is 11.3 Å². The highest BCUT2D eigenvalue weighted by Gasteiger charge is 2.16. The lowest BCUT2D eigenvalue weighted by atomic mass is 10.2. The van der Waals surface area contributed by atoms with Crippen LogP contribution in [-0.4, -0.2) is 26.3 Å². The Morgan fingerprint density at radius 1 is 1.41 bits per heavy atom. The van der Waals surface area contributed by atoms with Crippen LogP contribution in [0.4, 0.5) is 0 Å². The van der Waals surface area contributed by atoms with Crippen molar-refractivity contribution in [2.24, 2.45) is 7.05 Å². The molecule has 0 atom stereocenters. The minimum Gasteiger partial charge on any atom is -0.410 e. The van der Waals surface area contributed by atoms with Crippen LogP contribution in [0, 0.1) is 13.8 Å². The van der Waals surface area contributed by atoms with E-state index in [0.29, 0.717) is 11.1 Å². The number of aryl methyl sites for hydroxylation is 1. The number of thioether (sulfide) groups is 1. The molecule has 0 saturated carbocycles. The lowest BCUT2D eigenvalue weighted by Crippen LogP contribution is -2.04. The number of hydrogen-bond donors (Lipinski definition) is 0. The number of carbonyl (C=O) groups excluding carboxylic acids is 1. The van der Waals surface area contributed by atoms with Crippen LogP contribution in [0.3, 0.4) is 0 Å². The zero-order chi connectivity index (χ0) is 15.7. The largest absolute Gasteiger partial charge is 0.410 e. The summed E-state index contributed by atoms with van der Waals surface area (Å²) in [6, 6.07) is 5.78. The Balaban J connectivity index is 1.67. The van der Waals surface area contributed by atoms with E-state index in [1.165, 1.54) is 11.8 Å². The smallest absolute Gasteiger partial charge is 0.277 e. The molecule has 0 bridgehead atoms. The minimum atomic E-state index is 0.0714. The van der Waals surface area contributed by atoms with Gasteiger partial charge in [0.05, 0.1) is 10.6 Å². The van der Waals surface area contributed by atoms with Crippen molar-refractivity contribution in [1.82, 2.24) is 14.8 Å². The van der Waals surface area contributed by atoms with Gasteiger partial charge in [-0.05, 0) is 31.4 Å². The summed E-state index contributed by atoms with van der Waals surface area (Å²) in [6.45, 7) is 3.94. The van der Waals surface area contributed by atoms with Crippen molar-refractivity contribution in [3.05, 3.63) is 40.5 Å².